The highest BCUT2D eigenvalue weighted by molar-refractivity contribution is 7.89. The van der Waals surface area contributed by atoms with Crippen molar-refractivity contribution in [2.75, 3.05) is 17.2 Å². The van der Waals surface area contributed by atoms with Crippen LogP contribution in [-0.4, -0.2) is 32.7 Å². The lowest BCUT2D eigenvalue weighted by Crippen LogP contribution is -2.49. The maximum absolute atomic E-state index is 12.9. The second-order valence-corrected chi connectivity index (χ2v) is 8.36. The van der Waals surface area contributed by atoms with Crippen LogP contribution in [0.4, 0.5) is 5.69 Å². The molecule has 0 saturated carbocycles. The van der Waals surface area contributed by atoms with Crippen LogP contribution in [-0.2, 0) is 21.2 Å². The van der Waals surface area contributed by atoms with Crippen molar-refractivity contribution in [2.45, 2.75) is 46.1 Å². The van der Waals surface area contributed by atoms with Crippen molar-refractivity contribution in [2.24, 2.45) is 5.92 Å². The summed E-state index contributed by atoms with van der Waals surface area (Å²) >= 11 is 0. The standard InChI is InChI=1S/C17H26N2O3S/c1-4-11-23(21,22)18-15(12-13(2)3)17(20)19-10-9-14-7-5-6-8-16(14)19/h5-8,13,15,18H,4,9-12H2,1-3H3/t15-/m0/s1. The first-order valence-electron chi connectivity index (χ1n) is 8.23. The molecule has 6 heteroatoms. The summed E-state index contributed by atoms with van der Waals surface area (Å²) in [5, 5.41) is 0. The average molecular weight is 338 g/mol. The number of carbonyl (C=O) groups is 1. The molecule has 5 nitrogen and oxygen atoms in total. The van der Waals surface area contributed by atoms with Gasteiger partial charge in [0.25, 0.3) is 0 Å². The topological polar surface area (TPSA) is 66.5 Å². The number of sulfonamides is 1. The minimum absolute atomic E-state index is 0.0471. The first-order chi connectivity index (χ1) is 10.8. The highest BCUT2D eigenvalue weighted by Gasteiger charge is 2.32. The summed E-state index contributed by atoms with van der Waals surface area (Å²) in [6, 6.07) is 7.11. The van der Waals surface area contributed by atoms with Crippen LogP contribution in [0.3, 0.4) is 0 Å². The molecule has 2 rings (SSSR count). The van der Waals surface area contributed by atoms with Crippen molar-refractivity contribution in [1.29, 1.82) is 0 Å². The molecule has 23 heavy (non-hydrogen) atoms. The molecule has 0 aliphatic carbocycles. The Bertz CT molecular complexity index is 656. The van der Waals surface area contributed by atoms with Gasteiger partial charge >= 0.3 is 0 Å². The Balaban J connectivity index is 2.21. The van der Waals surface area contributed by atoms with Crippen LogP contribution in [0.2, 0.25) is 0 Å². The molecule has 0 radical (unpaired) electrons. The third kappa shape index (κ3) is 4.54. The molecular weight excluding hydrogens is 312 g/mol. The molecule has 1 aromatic carbocycles. The van der Waals surface area contributed by atoms with Crippen molar-refractivity contribution >= 4 is 21.6 Å². The fourth-order valence-electron chi connectivity index (χ4n) is 2.97. The average Bonchev–Trinajstić information content (AvgIpc) is 2.88. The van der Waals surface area contributed by atoms with Crippen LogP contribution in [0, 0.1) is 5.92 Å². The molecule has 0 unspecified atom stereocenters. The predicted octanol–water partition coefficient (Wildman–Crippen LogP) is 2.32. The van der Waals surface area contributed by atoms with Gasteiger partial charge < -0.3 is 4.90 Å². The van der Waals surface area contributed by atoms with E-state index in [0.717, 1.165) is 17.7 Å². The number of amides is 1. The normalized spacial score (nSPS) is 15.7. The van der Waals surface area contributed by atoms with Crippen molar-refractivity contribution in [3.8, 4) is 0 Å². The van der Waals surface area contributed by atoms with E-state index in [2.05, 4.69) is 4.72 Å². The highest BCUT2D eigenvalue weighted by atomic mass is 32.2. The van der Waals surface area contributed by atoms with E-state index in [1.54, 1.807) is 4.90 Å². The van der Waals surface area contributed by atoms with Crippen LogP contribution in [0.5, 0.6) is 0 Å². The van der Waals surface area contributed by atoms with Gasteiger partial charge in [-0.15, -0.1) is 0 Å². The van der Waals surface area contributed by atoms with E-state index >= 15 is 0 Å². The number of para-hydroxylation sites is 1. The minimum Gasteiger partial charge on any atom is -0.310 e. The maximum Gasteiger partial charge on any atom is 0.245 e. The molecule has 1 amide bonds. The summed E-state index contributed by atoms with van der Waals surface area (Å²) in [4.78, 5) is 14.6. The fraction of sp³-hybridized carbons (Fsp3) is 0.588. The third-order valence-corrected chi connectivity index (χ3v) is 5.54. The number of anilines is 1. The van der Waals surface area contributed by atoms with Gasteiger partial charge in [0.05, 0.1) is 5.75 Å². The molecule has 1 atom stereocenters. The molecule has 0 saturated heterocycles. The number of hydrogen-bond acceptors (Lipinski definition) is 3. The number of nitrogens with one attached hydrogen (secondary N) is 1. The van der Waals surface area contributed by atoms with Gasteiger partial charge in [0.1, 0.15) is 6.04 Å². The van der Waals surface area contributed by atoms with E-state index in [4.69, 9.17) is 0 Å². The Labute approximate surface area is 139 Å². The smallest absolute Gasteiger partial charge is 0.245 e. The third-order valence-electron chi connectivity index (χ3n) is 3.95. The number of rotatable bonds is 7. The van der Waals surface area contributed by atoms with Crippen LogP contribution in [0.25, 0.3) is 0 Å². The molecule has 128 valence electrons. The van der Waals surface area contributed by atoms with Crippen molar-refractivity contribution < 1.29 is 13.2 Å². The van der Waals surface area contributed by atoms with Crippen molar-refractivity contribution in [3.63, 3.8) is 0 Å². The SMILES string of the molecule is CCCS(=O)(=O)N[C@@H](CC(C)C)C(=O)N1CCc2ccccc21. The zero-order valence-electron chi connectivity index (χ0n) is 14.1. The predicted molar refractivity (Wildman–Crippen MR) is 93.0 cm³/mol. The second kappa shape index (κ2) is 7.45. The molecule has 1 heterocycles. The molecule has 1 aliphatic heterocycles. The summed E-state index contributed by atoms with van der Waals surface area (Å²) in [7, 11) is -3.43. The molecule has 0 spiro atoms. The van der Waals surface area contributed by atoms with E-state index in [9.17, 15) is 13.2 Å². The Kier molecular flexibility index (Phi) is 5.81. The number of fused-ring (bicyclic) bond motifs is 1. The van der Waals surface area contributed by atoms with Gasteiger partial charge in [0.2, 0.25) is 15.9 Å². The van der Waals surface area contributed by atoms with Gasteiger partial charge in [-0.2, -0.15) is 0 Å². The van der Waals surface area contributed by atoms with Gasteiger partial charge in [-0.3, -0.25) is 4.79 Å². The van der Waals surface area contributed by atoms with E-state index in [1.165, 1.54) is 0 Å². The summed E-state index contributed by atoms with van der Waals surface area (Å²) in [6.45, 7) is 6.41. The van der Waals surface area contributed by atoms with Gasteiger partial charge in [-0.05, 0) is 36.8 Å². The van der Waals surface area contributed by atoms with Crippen LogP contribution in [0.15, 0.2) is 24.3 Å². The molecule has 0 bridgehead atoms. The first kappa shape index (κ1) is 17.9. The van der Waals surface area contributed by atoms with Crippen molar-refractivity contribution in [3.05, 3.63) is 29.8 Å². The second-order valence-electron chi connectivity index (χ2n) is 6.49. The fourth-order valence-corrected chi connectivity index (χ4v) is 4.26. The summed E-state index contributed by atoms with van der Waals surface area (Å²) in [6.07, 6.45) is 1.85. The van der Waals surface area contributed by atoms with E-state index < -0.39 is 16.1 Å². The Morgan fingerprint density at radius 1 is 1.30 bits per heavy atom. The van der Waals surface area contributed by atoms with E-state index in [1.807, 2.05) is 45.0 Å². The first-order valence-corrected chi connectivity index (χ1v) is 9.88. The number of hydrogen-bond donors (Lipinski definition) is 1. The Hall–Kier alpha value is -1.40. The van der Waals surface area contributed by atoms with E-state index in [0.29, 0.717) is 19.4 Å². The Morgan fingerprint density at radius 3 is 2.65 bits per heavy atom. The number of nitrogens with zero attached hydrogens (tertiary/aromatic N) is 1. The summed E-state index contributed by atoms with van der Waals surface area (Å²) < 4.78 is 26.8. The van der Waals surface area contributed by atoms with Gasteiger partial charge in [-0.25, -0.2) is 13.1 Å². The monoisotopic (exact) mass is 338 g/mol. The lowest BCUT2D eigenvalue weighted by atomic mass is 10.0. The highest BCUT2D eigenvalue weighted by Crippen LogP contribution is 2.28. The lowest BCUT2D eigenvalue weighted by molar-refractivity contribution is -0.120. The lowest BCUT2D eigenvalue weighted by Gasteiger charge is -2.26. The quantitative estimate of drug-likeness (QED) is 0.830. The van der Waals surface area contributed by atoms with Crippen LogP contribution >= 0.6 is 0 Å². The molecule has 1 N–H and O–H groups in total. The number of benzene rings is 1. The van der Waals surface area contributed by atoms with E-state index in [-0.39, 0.29) is 17.6 Å². The molecule has 0 aromatic heterocycles. The Morgan fingerprint density at radius 2 is 2.00 bits per heavy atom. The van der Waals surface area contributed by atoms with Crippen LogP contribution < -0.4 is 9.62 Å². The molecule has 0 fully saturated rings. The maximum atomic E-state index is 12.9. The molecule has 1 aromatic rings. The van der Waals surface area contributed by atoms with Crippen molar-refractivity contribution in [1.82, 2.24) is 4.72 Å². The number of carbonyl (C=O) groups excluding carboxylic acids is 1. The molecular formula is C17H26N2O3S. The zero-order valence-corrected chi connectivity index (χ0v) is 14.9. The van der Waals surface area contributed by atoms with Crippen LogP contribution in [0.1, 0.15) is 39.2 Å². The molecule has 1 aliphatic rings. The summed E-state index contributed by atoms with van der Waals surface area (Å²) in [5.74, 6) is 0.125. The minimum atomic E-state index is -3.43. The van der Waals surface area contributed by atoms with Gasteiger partial charge in [0, 0.05) is 12.2 Å². The zero-order chi connectivity index (χ0) is 17.0. The van der Waals surface area contributed by atoms with Gasteiger partial charge in [-0.1, -0.05) is 39.0 Å². The largest absolute Gasteiger partial charge is 0.310 e. The van der Waals surface area contributed by atoms with Gasteiger partial charge in [0.15, 0.2) is 0 Å². The summed E-state index contributed by atoms with van der Waals surface area (Å²) in [5.41, 5.74) is 2.04.